The highest BCUT2D eigenvalue weighted by molar-refractivity contribution is 5.76. The number of hydrogen-bond acceptors (Lipinski definition) is 5. The van der Waals surface area contributed by atoms with Crippen molar-refractivity contribution in [1.82, 2.24) is 0 Å². The van der Waals surface area contributed by atoms with Crippen molar-refractivity contribution in [3.8, 4) is 11.5 Å². The van der Waals surface area contributed by atoms with Crippen molar-refractivity contribution in [3.05, 3.63) is 17.7 Å². The van der Waals surface area contributed by atoms with Gasteiger partial charge in [-0.2, -0.15) is 0 Å². The molecule has 1 aromatic rings. The van der Waals surface area contributed by atoms with Gasteiger partial charge in [0, 0.05) is 11.8 Å². The lowest BCUT2D eigenvalue weighted by Gasteiger charge is -2.19. The summed E-state index contributed by atoms with van der Waals surface area (Å²) in [6, 6.07) is 3.45. The van der Waals surface area contributed by atoms with Gasteiger partial charge in [0.2, 0.25) is 0 Å². The van der Waals surface area contributed by atoms with Crippen molar-refractivity contribution >= 4 is 11.7 Å². The number of carbonyl (C=O) groups excluding carboxylic acids is 1. The summed E-state index contributed by atoms with van der Waals surface area (Å²) in [6.45, 7) is 9.85. The van der Waals surface area contributed by atoms with E-state index in [0.29, 0.717) is 29.4 Å². The van der Waals surface area contributed by atoms with Crippen LogP contribution >= 0.6 is 0 Å². The second kappa shape index (κ2) is 7.76. The van der Waals surface area contributed by atoms with Crippen molar-refractivity contribution in [2.24, 2.45) is 0 Å². The number of hydrogen-bond donors (Lipinski definition) is 1. The molecular weight excluding hydrogens is 270 g/mol. The number of carbonyl (C=O) groups is 1. The van der Waals surface area contributed by atoms with Gasteiger partial charge in [-0.15, -0.1) is 0 Å². The third-order valence-corrected chi connectivity index (χ3v) is 2.57. The van der Waals surface area contributed by atoms with Crippen LogP contribution in [0.3, 0.4) is 0 Å². The van der Waals surface area contributed by atoms with Crippen LogP contribution in [-0.2, 0) is 16.0 Å². The Balaban J connectivity index is 3.07. The van der Waals surface area contributed by atoms with Gasteiger partial charge in [0.15, 0.2) is 11.5 Å². The molecule has 0 bridgehead atoms. The Labute approximate surface area is 126 Å². The molecule has 0 aromatic heterocycles. The first-order chi connectivity index (χ1) is 9.83. The Morgan fingerprint density at radius 1 is 1.10 bits per heavy atom. The second-order valence-electron chi connectivity index (χ2n) is 5.31. The van der Waals surface area contributed by atoms with Crippen LogP contribution in [0, 0.1) is 0 Å². The minimum Gasteiger partial charge on any atom is -0.487 e. The fraction of sp³-hybridized carbons (Fsp3) is 0.562. The SMILES string of the molecule is CCOC(=O)Cc1cc(OC(C)C)c(OC(C)C)cc1N. The zero-order chi connectivity index (χ0) is 16.0. The molecule has 21 heavy (non-hydrogen) atoms. The molecule has 0 aliphatic carbocycles. The Bertz CT molecular complexity index is 483. The standard InChI is InChI=1S/C16H25NO4/c1-6-19-16(18)8-12-7-14(20-10(2)3)15(9-13(12)17)21-11(4)5/h7,9-11H,6,8,17H2,1-5H3. The van der Waals surface area contributed by atoms with Crippen LogP contribution in [0.4, 0.5) is 5.69 Å². The van der Waals surface area contributed by atoms with Gasteiger partial charge in [0.25, 0.3) is 0 Å². The van der Waals surface area contributed by atoms with E-state index < -0.39 is 0 Å². The van der Waals surface area contributed by atoms with Gasteiger partial charge in [0.1, 0.15) is 0 Å². The molecule has 5 nitrogen and oxygen atoms in total. The molecule has 2 N–H and O–H groups in total. The van der Waals surface area contributed by atoms with Crippen molar-refractivity contribution in [2.45, 2.75) is 53.2 Å². The van der Waals surface area contributed by atoms with E-state index in [9.17, 15) is 4.79 Å². The van der Waals surface area contributed by atoms with Crippen LogP contribution in [0.1, 0.15) is 40.2 Å². The number of ether oxygens (including phenoxy) is 3. The minimum absolute atomic E-state index is 0.00131. The maximum atomic E-state index is 11.6. The predicted molar refractivity (Wildman–Crippen MR) is 82.7 cm³/mol. The molecule has 0 heterocycles. The molecule has 0 fully saturated rings. The molecule has 1 aromatic carbocycles. The average molecular weight is 295 g/mol. The van der Waals surface area contributed by atoms with E-state index in [1.54, 1.807) is 19.1 Å². The van der Waals surface area contributed by atoms with Crippen LogP contribution in [-0.4, -0.2) is 24.8 Å². The number of rotatable bonds is 7. The fourth-order valence-electron chi connectivity index (χ4n) is 1.83. The molecule has 0 radical (unpaired) electrons. The molecule has 0 aliphatic heterocycles. The first kappa shape index (κ1) is 17.1. The maximum Gasteiger partial charge on any atom is 0.310 e. The molecule has 0 aliphatic rings. The summed E-state index contributed by atoms with van der Waals surface area (Å²) in [6.07, 6.45) is 0.129. The van der Waals surface area contributed by atoms with E-state index in [0.717, 1.165) is 0 Å². The van der Waals surface area contributed by atoms with Gasteiger partial charge < -0.3 is 19.9 Å². The van der Waals surface area contributed by atoms with Crippen molar-refractivity contribution in [1.29, 1.82) is 0 Å². The highest BCUT2D eigenvalue weighted by Gasteiger charge is 2.15. The third kappa shape index (κ3) is 5.53. The van der Waals surface area contributed by atoms with Crippen LogP contribution in [0.5, 0.6) is 11.5 Å². The van der Waals surface area contributed by atoms with E-state index in [2.05, 4.69) is 0 Å². The highest BCUT2D eigenvalue weighted by atomic mass is 16.5. The lowest BCUT2D eigenvalue weighted by molar-refractivity contribution is -0.142. The summed E-state index contributed by atoms with van der Waals surface area (Å²) in [5.74, 6) is 0.869. The average Bonchev–Trinajstić information content (AvgIpc) is 2.33. The van der Waals surface area contributed by atoms with Crippen LogP contribution in [0.25, 0.3) is 0 Å². The van der Waals surface area contributed by atoms with Gasteiger partial charge in [-0.25, -0.2) is 0 Å². The zero-order valence-electron chi connectivity index (χ0n) is 13.4. The Kier molecular flexibility index (Phi) is 6.34. The third-order valence-electron chi connectivity index (χ3n) is 2.57. The van der Waals surface area contributed by atoms with E-state index in [-0.39, 0.29) is 24.6 Å². The number of benzene rings is 1. The van der Waals surface area contributed by atoms with E-state index in [4.69, 9.17) is 19.9 Å². The fourth-order valence-corrected chi connectivity index (χ4v) is 1.83. The molecule has 0 amide bonds. The molecule has 0 unspecified atom stereocenters. The molecule has 0 saturated heterocycles. The lowest BCUT2D eigenvalue weighted by Crippen LogP contribution is -2.13. The van der Waals surface area contributed by atoms with Crippen molar-refractivity contribution in [2.75, 3.05) is 12.3 Å². The highest BCUT2D eigenvalue weighted by Crippen LogP contribution is 2.34. The first-order valence-corrected chi connectivity index (χ1v) is 7.24. The van der Waals surface area contributed by atoms with Gasteiger partial charge in [0.05, 0.1) is 25.2 Å². The van der Waals surface area contributed by atoms with E-state index in [1.807, 2.05) is 27.7 Å². The quantitative estimate of drug-likeness (QED) is 0.618. The Morgan fingerprint density at radius 2 is 1.62 bits per heavy atom. The van der Waals surface area contributed by atoms with Crippen molar-refractivity contribution < 1.29 is 19.0 Å². The maximum absolute atomic E-state index is 11.6. The number of anilines is 1. The first-order valence-electron chi connectivity index (χ1n) is 7.24. The minimum atomic E-state index is -0.308. The molecule has 0 saturated carbocycles. The van der Waals surface area contributed by atoms with Crippen LogP contribution in [0.15, 0.2) is 12.1 Å². The Morgan fingerprint density at radius 3 is 2.10 bits per heavy atom. The summed E-state index contributed by atoms with van der Waals surface area (Å²) in [5.41, 5.74) is 7.17. The topological polar surface area (TPSA) is 70.8 Å². The molecule has 1 rings (SSSR count). The summed E-state index contributed by atoms with van der Waals surface area (Å²) in [5, 5.41) is 0. The summed E-state index contributed by atoms with van der Waals surface area (Å²) >= 11 is 0. The summed E-state index contributed by atoms with van der Waals surface area (Å²) in [7, 11) is 0. The zero-order valence-corrected chi connectivity index (χ0v) is 13.4. The van der Waals surface area contributed by atoms with Gasteiger partial charge in [-0.1, -0.05) is 0 Å². The second-order valence-corrected chi connectivity index (χ2v) is 5.31. The molecule has 0 spiro atoms. The molecule has 118 valence electrons. The number of nitrogens with two attached hydrogens (primary N) is 1. The largest absolute Gasteiger partial charge is 0.487 e. The number of esters is 1. The molecular formula is C16H25NO4. The lowest BCUT2D eigenvalue weighted by atomic mass is 10.1. The van der Waals surface area contributed by atoms with Gasteiger partial charge >= 0.3 is 5.97 Å². The summed E-state index contributed by atoms with van der Waals surface area (Å²) < 4.78 is 16.4. The molecule has 0 atom stereocenters. The normalized spacial score (nSPS) is 10.8. The van der Waals surface area contributed by atoms with Crippen LogP contribution < -0.4 is 15.2 Å². The van der Waals surface area contributed by atoms with Crippen LogP contribution in [0.2, 0.25) is 0 Å². The molecule has 5 heteroatoms. The predicted octanol–water partition coefficient (Wildman–Crippen LogP) is 2.95. The smallest absolute Gasteiger partial charge is 0.310 e. The van der Waals surface area contributed by atoms with E-state index in [1.165, 1.54) is 0 Å². The Hall–Kier alpha value is -1.91. The monoisotopic (exact) mass is 295 g/mol. The van der Waals surface area contributed by atoms with Gasteiger partial charge in [-0.05, 0) is 46.2 Å². The van der Waals surface area contributed by atoms with Crippen molar-refractivity contribution in [3.63, 3.8) is 0 Å². The van der Waals surface area contributed by atoms with Gasteiger partial charge in [-0.3, -0.25) is 4.79 Å². The van der Waals surface area contributed by atoms with E-state index >= 15 is 0 Å². The summed E-state index contributed by atoms with van der Waals surface area (Å²) in [4.78, 5) is 11.6. The number of nitrogen functional groups attached to an aromatic ring is 1.